The Morgan fingerprint density at radius 2 is 2.11 bits per heavy atom. The third-order valence-corrected chi connectivity index (χ3v) is 3.48. The number of hydrogen-bond acceptors (Lipinski definition) is 6. The van der Waals surface area contributed by atoms with Crippen LogP contribution in [0.15, 0.2) is 4.99 Å². The third kappa shape index (κ3) is 3.45. The summed E-state index contributed by atoms with van der Waals surface area (Å²) in [5, 5.41) is 18.7. The molecule has 19 heavy (non-hydrogen) atoms. The van der Waals surface area contributed by atoms with Crippen LogP contribution in [0, 0.1) is 5.41 Å². The Morgan fingerprint density at radius 1 is 1.47 bits per heavy atom. The summed E-state index contributed by atoms with van der Waals surface area (Å²) in [6.07, 6.45) is 0.975. The molecule has 0 aromatic heterocycles. The first-order valence-electron chi connectivity index (χ1n) is 6.55. The van der Waals surface area contributed by atoms with Crippen molar-refractivity contribution in [1.29, 1.82) is 0 Å². The van der Waals surface area contributed by atoms with Crippen molar-refractivity contribution in [3.8, 4) is 0 Å². The van der Waals surface area contributed by atoms with E-state index in [9.17, 15) is 15.0 Å². The van der Waals surface area contributed by atoms with Crippen molar-refractivity contribution in [3.05, 3.63) is 0 Å². The van der Waals surface area contributed by atoms with Crippen molar-refractivity contribution in [3.63, 3.8) is 0 Å². The van der Waals surface area contributed by atoms with E-state index in [0.29, 0.717) is 25.3 Å². The normalized spacial score (nSPS) is 22.9. The predicted molar refractivity (Wildman–Crippen MR) is 69.9 cm³/mol. The van der Waals surface area contributed by atoms with Crippen LogP contribution in [-0.2, 0) is 14.3 Å². The molecule has 1 atom stereocenters. The second-order valence-corrected chi connectivity index (χ2v) is 5.17. The molecule has 0 aliphatic carbocycles. The summed E-state index contributed by atoms with van der Waals surface area (Å²) in [5.41, 5.74) is -1.50. The molecule has 1 unspecified atom stereocenters. The summed E-state index contributed by atoms with van der Waals surface area (Å²) in [6.45, 7) is 5.29. The molecule has 0 saturated carbocycles. The molecule has 2 N–H and O–H groups in total. The van der Waals surface area contributed by atoms with Gasteiger partial charge in [-0.05, 0) is 13.3 Å². The van der Waals surface area contributed by atoms with Gasteiger partial charge in [0.15, 0.2) is 5.90 Å². The summed E-state index contributed by atoms with van der Waals surface area (Å²) in [6, 6.07) is 0. The Bertz CT molecular complexity index is 351. The predicted octanol–water partition coefficient (Wildman–Crippen LogP) is 0.508. The van der Waals surface area contributed by atoms with Gasteiger partial charge in [0.2, 0.25) is 0 Å². The summed E-state index contributed by atoms with van der Waals surface area (Å²) in [4.78, 5) is 15.7. The van der Waals surface area contributed by atoms with Crippen LogP contribution >= 0.6 is 0 Å². The summed E-state index contributed by atoms with van der Waals surface area (Å²) >= 11 is 0. The second-order valence-electron chi connectivity index (χ2n) is 5.17. The zero-order chi connectivity index (χ0) is 14.5. The molecule has 6 nitrogen and oxygen atoms in total. The molecule has 0 saturated heterocycles. The maximum absolute atomic E-state index is 11.2. The number of hydrogen-bond donors (Lipinski definition) is 2. The smallest absolute Gasteiger partial charge is 0.305 e. The van der Waals surface area contributed by atoms with Crippen molar-refractivity contribution >= 4 is 11.9 Å². The lowest BCUT2D eigenvalue weighted by Crippen LogP contribution is -2.36. The van der Waals surface area contributed by atoms with Gasteiger partial charge in [-0.25, -0.2) is 4.99 Å². The molecule has 0 amide bonds. The van der Waals surface area contributed by atoms with E-state index in [1.807, 2.05) is 6.92 Å². The maximum atomic E-state index is 11.2. The van der Waals surface area contributed by atoms with Crippen molar-refractivity contribution in [2.75, 3.05) is 26.4 Å². The van der Waals surface area contributed by atoms with Crippen LogP contribution in [0.25, 0.3) is 0 Å². The van der Waals surface area contributed by atoms with Gasteiger partial charge in [-0.3, -0.25) is 4.79 Å². The van der Waals surface area contributed by atoms with Gasteiger partial charge in [-0.15, -0.1) is 0 Å². The lowest BCUT2D eigenvalue weighted by Gasteiger charge is -2.23. The molecule has 110 valence electrons. The van der Waals surface area contributed by atoms with Crippen LogP contribution in [0.3, 0.4) is 0 Å². The van der Waals surface area contributed by atoms with E-state index < -0.39 is 11.0 Å². The van der Waals surface area contributed by atoms with Gasteiger partial charge in [0.25, 0.3) is 0 Å². The molecule has 6 heteroatoms. The van der Waals surface area contributed by atoms with Gasteiger partial charge in [0.1, 0.15) is 18.8 Å². The quantitative estimate of drug-likeness (QED) is 0.660. The maximum Gasteiger partial charge on any atom is 0.305 e. The first-order chi connectivity index (χ1) is 8.95. The number of rotatable bonds is 7. The minimum atomic E-state index is -0.897. The molecule has 0 aromatic rings. The third-order valence-electron chi connectivity index (χ3n) is 3.48. The summed E-state index contributed by atoms with van der Waals surface area (Å²) in [5.74, 6) is 0.0513. The van der Waals surface area contributed by atoms with Crippen LogP contribution in [0.1, 0.15) is 33.6 Å². The average Bonchev–Trinajstić information content (AvgIpc) is 2.89. The molecular formula is C13H23NO5. The topological polar surface area (TPSA) is 88.4 Å². The van der Waals surface area contributed by atoms with Gasteiger partial charge in [0, 0.05) is 6.42 Å². The molecule has 0 radical (unpaired) electrons. The number of nitrogens with zero attached hydrogens (tertiary/aromatic N) is 1. The Hall–Kier alpha value is -1.14. The molecule has 0 aromatic carbocycles. The van der Waals surface area contributed by atoms with E-state index in [-0.39, 0.29) is 25.8 Å². The van der Waals surface area contributed by atoms with Crippen LogP contribution in [0.5, 0.6) is 0 Å². The van der Waals surface area contributed by atoms with E-state index in [1.54, 1.807) is 13.8 Å². The van der Waals surface area contributed by atoms with Crippen molar-refractivity contribution in [1.82, 2.24) is 0 Å². The second kappa shape index (κ2) is 6.34. The fourth-order valence-corrected chi connectivity index (χ4v) is 1.65. The molecule has 1 aliphatic heterocycles. The van der Waals surface area contributed by atoms with Gasteiger partial charge in [0.05, 0.1) is 18.6 Å². The Labute approximate surface area is 113 Å². The summed E-state index contributed by atoms with van der Waals surface area (Å²) < 4.78 is 10.7. The number of aliphatic hydroxyl groups is 2. The van der Waals surface area contributed by atoms with Crippen molar-refractivity contribution in [2.24, 2.45) is 10.4 Å². The Kier molecular flexibility index (Phi) is 5.31. The number of aliphatic imine (C=N–C) groups is 1. The minimum absolute atomic E-state index is 0.159. The van der Waals surface area contributed by atoms with Gasteiger partial charge < -0.3 is 19.7 Å². The van der Waals surface area contributed by atoms with Gasteiger partial charge >= 0.3 is 5.97 Å². The number of esters is 1. The summed E-state index contributed by atoms with van der Waals surface area (Å²) in [7, 11) is 0. The number of carbonyl (C=O) groups excluding carboxylic acids is 1. The first-order valence-corrected chi connectivity index (χ1v) is 6.55. The van der Waals surface area contributed by atoms with Crippen LogP contribution < -0.4 is 0 Å². The minimum Gasteiger partial charge on any atom is -0.478 e. The fourth-order valence-electron chi connectivity index (χ4n) is 1.65. The average molecular weight is 273 g/mol. The standard InChI is InChI=1S/C13H23NO5/c1-4-10(17)18-8-13(5-2)9-19-11(14-13)12(3,6-15)7-16/h15-16H,4-9H2,1-3H3. The van der Waals surface area contributed by atoms with Gasteiger partial charge in [-0.1, -0.05) is 13.8 Å². The molecular weight excluding hydrogens is 250 g/mol. The zero-order valence-electron chi connectivity index (χ0n) is 11.8. The molecule has 0 spiro atoms. The highest BCUT2D eigenvalue weighted by Gasteiger charge is 2.43. The highest BCUT2D eigenvalue weighted by Crippen LogP contribution is 2.30. The van der Waals surface area contributed by atoms with Crippen molar-refractivity contribution in [2.45, 2.75) is 39.2 Å². The van der Waals surface area contributed by atoms with Crippen LogP contribution in [0.2, 0.25) is 0 Å². The lowest BCUT2D eigenvalue weighted by atomic mass is 9.92. The lowest BCUT2D eigenvalue weighted by molar-refractivity contribution is -0.145. The van der Waals surface area contributed by atoms with Gasteiger partial charge in [-0.2, -0.15) is 0 Å². The van der Waals surface area contributed by atoms with Crippen molar-refractivity contribution < 1.29 is 24.5 Å². The monoisotopic (exact) mass is 273 g/mol. The van der Waals surface area contributed by atoms with Crippen LogP contribution in [-0.4, -0.2) is 54.0 Å². The van der Waals surface area contributed by atoms with E-state index in [2.05, 4.69) is 4.99 Å². The zero-order valence-corrected chi connectivity index (χ0v) is 11.8. The fraction of sp³-hybridized carbons (Fsp3) is 0.846. The molecule has 1 aliphatic rings. The number of aliphatic hydroxyl groups excluding tert-OH is 2. The highest BCUT2D eigenvalue weighted by molar-refractivity contribution is 5.84. The number of carbonyl (C=O) groups is 1. The van der Waals surface area contributed by atoms with Crippen LogP contribution in [0.4, 0.5) is 0 Å². The van der Waals surface area contributed by atoms with E-state index >= 15 is 0 Å². The highest BCUT2D eigenvalue weighted by atomic mass is 16.5. The molecule has 1 rings (SSSR count). The molecule has 0 bridgehead atoms. The van der Waals surface area contributed by atoms with E-state index in [1.165, 1.54) is 0 Å². The Morgan fingerprint density at radius 3 is 2.58 bits per heavy atom. The van der Waals surface area contributed by atoms with E-state index in [0.717, 1.165) is 0 Å². The molecule has 1 heterocycles. The number of ether oxygens (including phenoxy) is 2. The first kappa shape index (κ1) is 15.9. The molecule has 0 fully saturated rings. The van der Waals surface area contributed by atoms with E-state index in [4.69, 9.17) is 9.47 Å². The SMILES string of the molecule is CCC(=O)OCC1(CC)COC(C(C)(CO)CO)=N1. The largest absolute Gasteiger partial charge is 0.478 e. The Balaban J connectivity index is 2.82.